The van der Waals surface area contributed by atoms with E-state index in [9.17, 15) is 4.79 Å². The van der Waals surface area contributed by atoms with Gasteiger partial charge in [-0.25, -0.2) is 0 Å². The Kier molecular flexibility index (Phi) is 7.52. The number of thioether (sulfide) groups is 1. The van der Waals surface area contributed by atoms with Crippen molar-refractivity contribution in [3.8, 4) is 17.1 Å². The molecule has 1 N–H and O–H groups in total. The molecule has 0 aliphatic carbocycles. The van der Waals surface area contributed by atoms with E-state index in [2.05, 4.69) is 41.5 Å². The second kappa shape index (κ2) is 10.3. The molecule has 158 valence electrons. The predicted molar refractivity (Wildman–Crippen MR) is 122 cm³/mol. The Hall–Kier alpha value is -2.80. The van der Waals surface area contributed by atoms with E-state index in [0.29, 0.717) is 6.54 Å². The summed E-state index contributed by atoms with van der Waals surface area (Å²) in [5, 5.41) is 12.5. The summed E-state index contributed by atoms with van der Waals surface area (Å²) in [4.78, 5) is 12.7. The van der Waals surface area contributed by atoms with Crippen LogP contribution in [0.3, 0.4) is 0 Å². The van der Waals surface area contributed by atoms with Crippen LogP contribution in [-0.2, 0) is 24.2 Å². The number of aromatic nitrogens is 3. The van der Waals surface area contributed by atoms with Gasteiger partial charge in [-0.3, -0.25) is 4.79 Å². The number of rotatable bonds is 9. The third-order valence-electron chi connectivity index (χ3n) is 4.96. The maximum absolute atomic E-state index is 12.7. The number of nitrogens with one attached hydrogen (secondary N) is 1. The van der Waals surface area contributed by atoms with Gasteiger partial charge < -0.3 is 14.6 Å². The highest BCUT2D eigenvalue weighted by atomic mass is 32.2. The molecule has 0 saturated heterocycles. The molecule has 0 radical (unpaired) electrons. The number of methoxy groups -OCH3 is 1. The molecule has 0 aliphatic rings. The van der Waals surface area contributed by atoms with Gasteiger partial charge >= 0.3 is 0 Å². The van der Waals surface area contributed by atoms with Gasteiger partial charge in [0.25, 0.3) is 0 Å². The molecule has 0 unspecified atom stereocenters. The fourth-order valence-corrected chi connectivity index (χ4v) is 4.17. The number of hydrogen-bond donors (Lipinski definition) is 1. The molecular weight excluding hydrogens is 396 g/mol. The molecule has 3 rings (SSSR count). The minimum absolute atomic E-state index is 0.0378. The van der Waals surface area contributed by atoms with Crippen molar-refractivity contribution in [2.75, 3.05) is 18.2 Å². The number of ether oxygens (including phenoxy) is 1. The largest absolute Gasteiger partial charge is 0.497 e. The van der Waals surface area contributed by atoms with Crippen LogP contribution in [0.2, 0.25) is 0 Å². The molecule has 30 heavy (non-hydrogen) atoms. The van der Waals surface area contributed by atoms with Crippen molar-refractivity contribution in [2.24, 2.45) is 0 Å². The molecule has 1 heterocycles. The molecule has 1 aromatic heterocycles. The lowest BCUT2D eigenvalue weighted by Gasteiger charge is -2.14. The van der Waals surface area contributed by atoms with E-state index < -0.39 is 0 Å². The zero-order valence-electron chi connectivity index (χ0n) is 17.9. The van der Waals surface area contributed by atoms with Crippen molar-refractivity contribution in [3.63, 3.8) is 0 Å². The molecule has 2 aromatic carbocycles. The summed E-state index contributed by atoms with van der Waals surface area (Å²) in [6.07, 6.45) is 1.76. The summed E-state index contributed by atoms with van der Waals surface area (Å²) >= 11 is 1.40. The lowest BCUT2D eigenvalue weighted by atomic mass is 10.0. The topological polar surface area (TPSA) is 69.0 Å². The number of carbonyl (C=O) groups is 1. The minimum atomic E-state index is -0.0378. The smallest absolute Gasteiger partial charge is 0.234 e. The Morgan fingerprint density at radius 2 is 1.77 bits per heavy atom. The SMILES string of the molecule is CCc1cccc(CC)c1NC(=O)CSc1nnc(-c2cccc(OC)c2)n1CC. The normalized spacial score (nSPS) is 10.8. The number of para-hydroxylation sites is 1. The number of nitrogens with zero attached hydrogens (tertiary/aromatic N) is 3. The molecule has 0 fully saturated rings. The quantitative estimate of drug-likeness (QED) is 0.498. The maximum Gasteiger partial charge on any atom is 0.234 e. The molecular formula is C23H28N4O2S. The van der Waals surface area contributed by atoms with Crippen LogP contribution in [0.1, 0.15) is 31.9 Å². The first-order valence-electron chi connectivity index (χ1n) is 10.2. The van der Waals surface area contributed by atoms with Gasteiger partial charge in [0, 0.05) is 17.8 Å². The molecule has 7 heteroatoms. The van der Waals surface area contributed by atoms with Crippen molar-refractivity contribution >= 4 is 23.4 Å². The number of anilines is 1. The number of hydrogen-bond acceptors (Lipinski definition) is 5. The average molecular weight is 425 g/mol. The van der Waals surface area contributed by atoms with Crippen molar-refractivity contribution in [2.45, 2.75) is 45.3 Å². The maximum atomic E-state index is 12.7. The Bertz CT molecular complexity index is 994. The fourth-order valence-electron chi connectivity index (χ4n) is 3.36. The van der Waals surface area contributed by atoms with E-state index in [0.717, 1.165) is 51.9 Å². The summed E-state index contributed by atoms with van der Waals surface area (Å²) in [7, 11) is 1.64. The Labute approximate surface area is 182 Å². The standard InChI is InChI=1S/C23H28N4O2S/c1-5-16-10-8-11-17(6-2)21(16)24-20(28)15-30-23-26-25-22(27(23)7-3)18-12-9-13-19(14-18)29-4/h8-14H,5-7,15H2,1-4H3,(H,24,28). The Morgan fingerprint density at radius 3 is 2.40 bits per heavy atom. The lowest BCUT2D eigenvalue weighted by molar-refractivity contribution is -0.113. The van der Waals surface area contributed by atoms with Crippen LogP contribution in [-0.4, -0.2) is 33.5 Å². The van der Waals surface area contributed by atoms with Gasteiger partial charge in [-0.05, 0) is 43.0 Å². The van der Waals surface area contributed by atoms with Gasteiger partial charge in [0.2, 0.25) is 5.91 Å². The van der Waals surface area contributed by atoms with Gasteiger partial charge in [-0.1, -0.05) is 55.9 Å². The van der Waals surface area contributed by atoms with Crippen molar-refractivity contribution in [3.05, 3.63) is 53.6 Å². The van der Waals surface area contributed by atoms with Gasteiger partial charge in [-0.15, -0.1) is 10.2 Å². The highest BCUT2D eigenvalue weighted by Gasteiger charge is 2.16. The zero-order valence-corrected chi connectivity index (χ0v) is 18.8. The van der Waals surface area contributed by atoms with E-state index in [4.69, 9.17) is 4.74 Å². The van der Waals surface area contributed by atoms with E-state index >= 15 is 0 Å². The van der Waals surface area contributed by atoms with Gasteiger partial charge in [0.05, 0.1) is 12.9 Å². The van der Waals surface area contributed by atoms with Gasteiger partial charge in [-0.2, -0.15) is 0 Å². The van der Waals surface area contributed by atoms with E-state index in [-0.39, 0.29) is 11.7 Å². The molecule has 0 saturated carbocycles. The third-order valence-corrected chi connectivity index (χ3v) is 5.92. The number of carbonyl (C=O) groups excluding carboxylic acids is 1. The van der Waals surface area contributed by atoms with Crippen molar-refractivity contribution < 1.29 is 9.53 Å². The second-order valence-corrected chi connectivity index (χ2v) is 7.72. The van der Waals surface area contributed by atoms with Crippen LogP contribution >= 0.6 is 11.8 Å². The lowest BCUT2D eigenvalue weighted by Crippen LogP contribution is -2.17. The molecule has 0 bridgehead atoms. The first kappa shape index (κ1) is 21.9. The van der Waals surface area contributed by atoms with E-state index in [1.807, 2.05) is 41.8 Å². The zero-order chi connectivity index (χ0) is 21.5. The molecule has 0 atom stereocenters. The van der Waals surface area contributed by atoms with Gasteiger partial charge in [0.15, 0.2) is 11.0 Å². The summed E-state index contributed by atoms with van der Waals surface area (Å²) in [5.41, 5.74) is 4.20. The monoisotopic (exact) mass is 424 g/mol. The molecule has 0 spiro atoms. The van der Waals surface area contributed by atoms with Crippen molar-refractivity contribution in [1.82, 2.24) is 14.8 Å². The van der Waals surface area contributed by atoms with Crippen LogP contribution < -0.4 is 10.1 Å². The molecule has 3 aromatic rings. The van der Waals surface area contributed by atoms with Crippen LogP contribution in [0.4, 0.5) is 5.69 Å². The second-order valence-electron chi connectivity index (χ2n) is 6.78. The van der Waals surface area contributed by atoms with Crippen LogP contribution in [0.25, 0.3) is 11.4 Å². The number of benzene rings is 2. The highest BCUT2D eigenvalue weighted by molar-refractivity contribution is 7.99. The average Bonchev–Trinajstić information content (AvgIpc) is 3.20. The first-order chi connectivity index (χ1) is 14.6. The fraction of sp³-hybridized carbons (Fsp3) is 0.348. The summed E-state index contributed by atoms with van der Waals surface area (Å²) in [5.74, 6) is 1.78. The summed E-state index contributed by atoms with van der Waals surface area (Å²) in [6.45, 7) is 6.95. The summed E-state index contributed by atoms with van der Waals surface area (Å²) < 4.78 is 7.33. The molecule has 0 aliphatic heterocycles. The number of amides is 1. The third kappa shape index (κ3) is 4.84. The minimum Gasteiger partial charge on any atom is -0.497 e. The van der Waals surface area contributed by atoms with Crippen LogP contribution in [0.5, 0.6) is 5.75 Å². The first-order valence-corrected chi connectivity index (χ1v) is 11.2. The van der Waals surface area contributed by atoms with Crippen molar-refractivity contribution in [1.29, 1.82) is 0 Å². The van der Waals surface area contributed by atoms with Gasteiger partial charge in [0.1, 0.15) is 5.75 Å². The van der Waals surface area contributed by atoms with Crippen LogP contribution in [0.15, 0.2) is 47.6 Å². The highest BCUT2D eigenvalue weighted by Crippen LogP contribution is 2.27. The summed E-state index contributed by atoms with van der Waals surface area (Å²) in [6, 6.07) is 13.9. The predicted octanol–water partition coefficient (Wildman–Crippen LogP) is 4.83. The van der Waals surface area contributed by atoms with E-state index in [1.165, 1.54) is 11.8 Å². The Balaban J connectivity index is 1.74. The van der Waals surface area contributed by atoms with E-state index in [1.54, 1.807) is 7.11 Å². The Morgan fingerprint density at radius 1 is 1.07 bits per heavy atom. The van der Waals surface area contributed by atoms with Crippen LogP contribution in [0, 0.1) is 0 Å². The molecule has 1 amide bonds. The molecule has 6 nitrogen and oxygen atoms in total. The number of aryl methyl sites for hydroxylation is 2.